The first-order valence-corrected chi connectivity index (χ1v) is 5.74. The Labute approximate surface area is 102 Å². The van der Waals surface area contributed by atoms with Crippen LogP contribution in [0, 0.1) is 0 Å². The van der Waals surface area contributed by atoms with E-state index in [1.807, 2.05) is 0 Å². The second-order valence-corrected chi connectivity index (χ2v) is 3.85. The van der Waals surface area contributed by atoms with Gasteiger partial charge in [0, 0.05) is 33.7 Å². The number of amides is 1. The molecule has 2 N–H and O–H groups in total. The van der Waals surface area contributed by atoms with Gasteiger partial charge in [0.1, 0.15) is 0 Å². The van der Waals surface area contributed by atoms with E-state index in [-0.39, 0.29) is 5.91 Å². The van der Waals surface area contributed by atoms with E-state index in [0.29, 0.717) is 19.6 Å². The summed E-state index contributed by atoms with van der Waals surface area (Å²) in [6, 6.07) is 8.25. The third-order valence-corrected chi connectivity index (χ3v) is 2.47. The molecular weight excluding hydrogens is 216 g/mol. The zero-order chi connectivity index (χ0) is 12.5. The average Bonchev–Trinajstić information content (AvgIpc) is 2.36. The van der Waals surface area contributed by atoms with Crippen molar-refractivity contribution in [2.24, 2.45) is 0 Å². The molecule has 4 heteroatoms. The molecular formula is C13H20N2O2. The Bertz CT molecular complexity index is 336. The molecule has 1 aromatic carbocycles. The summed E-state index contributed by atoms with van der Waals surface area (Å²) in [4.78, 5) is 11.0. The van der Waals surface area contributed by atoms with Crippen LogP contribution in [0.25, 0.3) is 0 Å². The van der Waals surface area contributed by atoms with E-state index in [2.05, 4.69) is 34.9 Å². The van der Waals surface area contributed by atoms with Gasteiger partial charge >= 0.3 is 0 Å². The summed E-state index contributed by atoms with van der Waals surface area (Å²) in [6.07, 6.45) is 0.512. The lowest BCUT2D eigenvalue weighted by Gasteiger charge is -2.05. The molecule has 0 aliphatic heterocycles. The number of benzene rings is 1. The van der Waals surface area contributed by atoms with E-state index >= 15 is 0 Å². The van der Waals surface area contributed by atoms with E-state index in [1.54, 1.807) is 14.2 Å². The van der Waals surface area contributed by atoms with Crippen molar-refractivity contribution < 1.29 is 9.53 Å². The number of hydrogen-bond donors (Lipinski definition) is 2. The molecule has 0 aromatic heterocycles. The van der Waals surface area contributed by atoms with Crippen molar-refractivity contribution in [1.82, 2.24) is 10.6 Å². The van der Waals surface area contributed by atoms with Crippen molar-refractivity contribution in [3.05, 3.63) is 35.4 Å². The van der Waals surface area contributed by atoms with Gasteiger partial charge in [-0.05, 0) is 11.1 Å². The minimum Gasteiger partial charge on any atom is -0.380 e. The van der Waals surface area contributed by atoms with Crippen LogP contribution in [-0.4, -0.2) is 26.6 Å². The molecule has 0 spiro atoms. The van der Waals surface area contributed by atoms with Crippen molar-refractivity contribution in [2.45, 2.75) is 19.6 Å². The first-order chi connectivity index (χ1) is 8.26. The number of rotatable bonds is 7. The molecule has 0 bridgehead atoms. The predicted octanol–water partition coefficient (Wildman–Crippen LogP) is 1.06. The van der Waals surface area contributed by atoms with Crippen LogP contribution in [0.5, 0.6) is 0 Å². The highest BCUT2D eigenvalue weighted by Gasteiger charge is 1.97. The lowest BCUT2D eigenvalue weighted by Crippen LogP contribution is -2.24. The normalized spacial score (nSPS) is 10.2. The summed E-state index contributed by atoms with van der Waals surface area (Å²) < 4.78 is 5.04. The second kappa shape index (κ2) is 7.81. The lowest BCUT2D eigenvalue weighted by molar-refractivity contribution is -0.120. The third-order valence-electron chi connectivity index (χ3n) is 2.47. The summed E-state index contributed by atoms with van der Waals surface area (Å²) in [7, 11) is 3.34. The van der Waals surface area contributed by atoms with Crippen molar-refractivity contribution in [2.75, 3.05) is 20.7 Å². The molecule has 17 heavy (non-hydrogen) atoms. The maximum absolute atomic E-state index is 11.0. The number of carbonyl (C=O) groups is 1. The van der Waals surface area contributed by atoms with Crippen molar-refractivity contribution in [1.29, 1.82) is 0 Å². The molecule has 0 heterocycles. The Morgan fingerprint density at radius 1 is 1.24 bits per heavy atom. The van der Waals surface area contributed by atoms with Crippen LogP contribution in [0.4, 0.5) is 0 Å². The Kier molecular flexibility index (Phi) is 6.29. The van der Waals surface area contributed by atoms with E-state index < -0.39 is 0 Å². The molecule has 1 amide bonds. The summed E-state index contributed by atoms with van der Waals surface area (Å²) in [6.45, 7) is 2.12. The van der Waals surface area contributed by atoms with Crippen LogP contribution < -0.4 is 10.6 Å². The highest BCUT2D eigenvalue weighted by molar-refractivity contribution is 5.75. The smallest absolute Gasteiger partial charge is 0.221 e. The zero-order valence-corrected chi connectivity index (χ0v) is 10.5. The summed E-state index contributed by atoms with van der Waals surface area (Å²) >= 11 is 0. The van der Waals surface area contributed by atoms with Crippen LogP contribution in [0.2, 0.25) is 0 Å². The minimum absolute atomic E-state index is 0.0629. The number of carbonyl (C=O) groups excluding carboxylic acids is 1. The predicted molar refractivity (Wildman–Crippen MR) is 67.5 cm³/mol. The molecule has 0 saturated heterocycles. The molecule has 0 radical (unpaired) electrons. The topological polar surface area (TPSA) is 50.4 Å². The van der Waals surface area contributed by atoms with Crippen molar-refractivity contribution >= 4 is 5.91 Å². The standard InChI is InChI=1S/C13H20N2O2/c1-14-13(16)7-8-15-9-11-3-5-12(6-4-11)10-17-2/h3-6,15H,7-10H2,1-2H3,(H,14,16). The van der Waals surface area contributed by atoms with Gasteiger partial charge < -0.3 is 15.4 Å². The first-order valence-electron chi connectivity index (χ1n) is 5.74. The number of methoxy groups -OCH3 is 1. The van der Waals surface area contributed by atoms with Gasteiger partial charge in [0.25, 0.3) is 0 Å². The molecule has 0 atom stereocenters. The van der Waals surface area contributed by atoms with Crippen LogP contribution in [-0.2, 0) is 22.7 Å². The Balaban J connectivity index is 2.25. The largest absolute Gasteiger partial charge is 0.380 e. The molecule has 0 aliphatic rings. The number of hydrogen-bond acceptors (Lipinski definition) is 3. The first kappa shape index (κ1) is 13.7. The molecule has 0 saturated carbocycles. The fraction of sp³-hybridized carbons (Fsp3) is 0.462. The van der Waals surface area contributed by atoms with E-state index in [1.165, 1.54) is 11.1 Å². The van der Waals surface area contributed by atoms with Crippen LogP contribution >= 0.6 is 0 Å². The minimum atomic E-state index is 0.0629. The van der Waals surface area contributed by atoms with Crippen molar-refractivity contribution in [3.8, 4) is 0 Å². The molecule has 0 aliphatic carbocycles. The summed E-state index contributed by atoms with van der Waals surface area (Å²) in [5.41, 5.74) is 2.38. The summed E-state index contributed by atoms with van der Waals surface area (Å²) in [5, 5.41) is 5.82. The maximum atomic E-state index is 11.0. The highest BCUT2D eigenvalue weighted by Crippen LogP contribution is 2.05. The Hall–Kier alpha value is -1.39. The summed E-state index contributed by atoms with van der Waals surface area (Å²) in [5.74, 6) is 0.0629. The van der Waals surface area contributed by atoms with E-state index in [0.717, 1.165) is 6.54 Å². The second-order valence-electron chi connectivity index (χ2n) is 3.85. The molecule has 1 rings (SSSR count). The Morgan fingerprint density at radius 3 is 2.47 bits per heavy atom. The molecule has 0 unspecified atom stereocenters. The van der Waals surface area contributed by atoms with Crippen LogP contribution in [0.1, 0.15) is 17.5 Å². The van der Waals surface area contributed by atoms with Gasteiger partial charge in [-0.15, -0.1) is 0 Å². The van der Waals surface area contributed by atoms with Crippen LogP contribution in [0.15, 0.2) is 24.3 Å². The Morgan fingerprint density at radius 2 is 1.88 bits per heavy atom. The van der Waals surface area contributed by atoms with Crippen molar-refractivity contribution in [3.63, 3.8) is 0 Å². The quantitative estimate of drug-likeness (QED) is 0.696. The van der Waals surface area contributed by atoms with Gasteiger partial charge in [-0.3, -0.25) is 4.79 Å². The number of nitrogens with one attached hydrogen (secondary N) is 2. The van der Waals surface area contributed by atoms with E-state index in [4.69, 9.17) is 4.74 Å². The van der Waals surface area contributed by atoms with E-state index in [9.17, 15) is 4.79 Å². The van der Waals surface area contributed by atoms with Gasteiger partial charge in [-0.25, -0.2) is 0 Å². The molecule has 4 nitrogen and oxygen atoms in total. The fourth-order valence-electron chi connectivity index (χ4n) is 1.48. The molecule has 0 fully saturated rings. The molecule has 1 aromatic rings. The van der Waals surface area contributed by atoms with Gasteiger partial charge in [0.15, 0.2) is 0 Å². The molecule has 94 valence electrons. The number of ether oxygens (including phenoxy) is 1. The SMILES string of the molecule is CNC(=O)CCNCc1ccc(COC)cc1. The zero-order valence-electron chi connectivity index (χ0n) is 10.5. The maximum Gasteiger partial charge on any atom is 0.221 e. The van der Waals surface area contributed by atoms with Gasteiger partial charge in [-0.1, -0.05) is 24.3 Å². The van der Waals surface area contributed by atoms with Gasteiger partial charge in [0.05, 0.1) is 6.61 Å². The monoisotopic (exact) mass is 236 g/mol. The average molecular weight is 236 g/mol. The third kappa shape index (κ3) is 5.47. The van der Waals surface area contributed by atoms with Gasteiger partial charge in [0.2, 0.25) is 5.91 Å². The van der Waals surface area contributed by atoms with Crippen LogP contribution in [0.3, 0.4) is 0 Å². The lowest BCUT2D eigenvalue weighted by atomic mass is 10.1. The van der Waals surface area contributed by atoms with Gasteiger partial charge in [-0.2, -0.15) is 0 Å². The highest BCUT2D eigenvalue weighted by atomic mass is 16.5. The fourth-order valence-corrected chi connectivity index (χ4v) is 1.48.